The van der Waals surface area contributed by atoms with Gasteiger partial charge in [-0.15, -0.1) is 11.3 Å². The molecule has 98 valence electrons. The van der Waals surface area contributed by atoms with Gasteiger partial charge in [-0.1, -0.05) is 19.9 Å². The second kappa shape index (κ2) is 6.01. The van der Waals surface area contributed by atoms with Crippen molar-refractivity contribution in [1.29, 1.82) is 0 Å². The highest BCUT2D eigenvalue weighted by atomic mass is 32.1. The maximum Gasteiger partial charge on any atom is 0.00965 e. The summed E-state index contributed by atoms with van der Waals surface area (Å²) in [5.41, 5.74) is 0.673. The Hall–Kier alpha value is -0.340. The highest BCUT2D eigenvalue weighted by Gasteiger charge is 2.19. The standard InChI is InChI=1S/C15H27NS/c1-14(2,3)16-11-10-15(4,5)9-8-13-7-6-12-17-13/h6-7,12,16H,8-11H2,1-5H3. The van der Waals surface area contributed by atoms with Gasteiger partial charge in [0.25, 0.3) is 0 Å². The van der Waals surface area contributed by atoms with E-state index in [1.165, 1.54) is 24.1 Å². The Morgan fingerprint density at radius 1 is 1.12 bits per heavy atom. The number of thiophene rings is 1. The first kappa shape index (κ1) is 14.7. The first-order chi connectivity index (χ1) is 7.79. The minimum Gasteiger partial charge on any atom is -0.312 e. The third kappa shape index (κ3) is 6.85. The van der Waals surface area contributed by atoms with E-state index in [0.717, 1.165) is 6.54 Å². The summed E-state index contributed by atoms with van der Waals surface area (Å²) in [5.74, 6) is 0. The van der Waals surface area contributed by atoms with E-state index < -0.39 is 0 Å². The summed E-state index contributed by atoms with van der Waals surface area (Å²) in [5, 5.41) is 5.74. The van der Waals surface area contributed by atoms with Gasteiger partial charge in [-0.2, -0.15) is 0 Å². The smallest absolute Gasteiger partial charge is 0.00965 e. The molecule has 0 atom stereocenters. The Bertz CT molecular complexity index is 306. The van der Waals surface area contributed by atoms with E-state index in [1.807, 2.05) is 11.3 Å². The van der Waals surface area contributed by atoms with Crippen LogP contribution in [0.1, 0.15) is 52.3 Å². The quantitative estimate of drug-likeness (QED) is 0.788. The van der Waals surface area contributed by atoms with Crippen LogP contribution in [0.4, 0.5) is 0 Å². The van der Waals surface area contributed by atoms with Crippen molar-refractivity contribution in [2.75, 3.05) is 6.54 Å². The summed E-state index contributed by atoms with van der Waals surface area (Å²) in [4.78, 5) is 1.52. The topological polar surface area (TPSA) is 12.0 Å². The van der Waals surface area contributed by atoms with Gasteiger partial charge in [0.1, 0.15) is 0 Å². The second-order valence-electron chi connectivity index (χ2n) is 6.67. The van der Waals surface area contributed by atoms with Crippen molar-refractivity contribution < 1.29 is 0 Å². The molecule has 0 aromatic carbocycles. The van der Waals surface area contributed by atoms with E-state index in [9.17, 15) is 0 Å². The summed E-state index contributed by atoms with van der Waals surface area (Å²) >= 11 is 1.88. The molecule has 1 nitrogen and oxygen atoms in total. The minimum atomic E-state index is 0.240. The summed E-state index contributed by atoms with van der Waals surface area (Å²) < 4.78 is 0. The molecule has 0 aliphatic heterocycles. The van der Waals surface area contributed by atoms with Crippen LogP contribution >= 0.6 is 11.3 Å². The van der Waals surface area contributed by atoms with Crippen molar-refractivity contribution in [3.05, 3.63) is 22.4 Å². The molecular weight excluding hydrogens is 226 g/mol. The van der Waals surface area contributed by atoms with E-state index in [0.29, 0.717) is 5.41 Å². The van der Waals surface area contributed by atoms with Crippen LogP contribution in [0.25, 0.3) is 0 Å². The van der Waals surface area contributed by atoms with Crippen LogP contribution in [0.15, 0.2) is 17.5 Å². The fraction of sp³-hybridized carbons (Fsp3) is 0.733. The number of hydrogen-bond donors (Lipinski definition) is 1. The second-order valence-corrected chi connectivity index (χ2v) is 7.70. The average molecular weight is 253 g/mol. The normalized spacial score (nSPS) is 13.0. The Morgan fingerprint density at radius 3 is 2.35 bits per heavy atom. The Morgan fingerprint density at radius 2 is 1.82 bits per heavy atom. The Balaban J connectivity index is 2.26. The fourth-order valence-electron chi connectivity index (χ4n) is 1.82. The number of rotatable bonds is 6. The molecule has 17 heavy (non-hydrogen) atoms. The van der Waals surface area contributed by atoms with E-state index in [1.54, 1.807) is 0 Å². The number of hydrogen-bond acceptors (Lipinski definition) is 2. The molecule has 2 heteroatoms. The van der Waals surface area contributed by atoms with Gasteiger partial charge >= 0.3 is 0 Å². The molecule has 0 spiro atoms. The van der Waals surface area contributed by atoms with Gasteiger partial charge in [0, 0.05) is 10.4 Å². The highest BCUT2D eigenvalue weighted by molar-refractivity contribution is 7.09. The average Bonchev–Trinajstić information content (AvgIpc) is 2.64. The first-order valence-corrected chi connectivity index (χ1v) is 7.44. The molecular formula is C15H27NS. The molecule has 1 N–H and O–H groups in total. The maximum absolute atomic E-state index is 3.57. The minimum absolute atomic E-state index is 0.240. The van der Waals surface area contributed by atoms with Crippen LogP contribution in [0.3, 0.4) is 0 Å². The summed E-state index contributed by atoms with van der Waals surface area (Å²) in [6.07, 6.45) is 3.75. The number of aryl methyl sites for hydroxylation is 1. The summed E-state index contributed by atoms with van der Waals surface area (Å²) in [7, 11) is 0. The molecule has 1 rings (SSSR count). The third-order valence-electron chi connectivity index (χ3n) is 3.09. The lowest BCUT2D eigenvalue weighted by Gasteiger charge is -2.28. The van der Waals surface area contributed by atoms with Crippen molar-refractivity contribution in [2.45, 2.75) is 59.4 Å². The molecule has 0 saturated heterocycles. The van der Waals surface area contributed by atoms with Crippen LogP contribution in [0, 0.1) is 5.41 Å². The van der Waals surface area contributed by atoms with Gasteiger partial charge in [-0.25, -0.2) is 0 Å². The molecule has 1 aromatic rings. The van der Waals surface area contributed by atoms with E-state index in [-0.39, 0.29) is 5.54 Å². The summed E-state index contributed by atoms with van der Waals surface area (Å²) in [6.45, 7) is 12.6. The van der Waals surface area contributed by atoms with E-state index in [2.05, 4.69) is 57.4 Å². The van der Waals surface area contributed by atoms with Gasteiger partial charge in [0.05, 0.1) is 0 Å². The lowest BCUT2D eigenvalue weighted by Crippen LogP contribution is -2.38. The lowest BCUT2D eigenvalue weighted by atomic mass is 9.84. The largest absolute Gasteiger partial charge is 0.312 e. The van der Waals surface area contributed by atoms with Gasteiger partial charge in [-0.3, -0.25) is 0 Å². The van der Waals surface area contributed by atoms with Crippen LogP contribution in [0.2, 0.25) is 0 Å². The van der Waals surface area contributed by atoms with Crippen molar-refractivity contribution in [3.63, 3.8) is 0 Å². The first-order valence-electron chi connectivity index (χ1n) is 6.56. The molecule has 1 aromatic heterocycles. The molecule has 0 aliphatic carbocycles. The zero-order chi connectivity index (χ0) is 12.9. The van der Waals surface area contributed by atoms with Crippen molar-refractivity contribution in [2.24, 2.45) is 5.41 Å². The van der Waals surface area contributed by atoms with Crippen LogP contribution in [-0.4, -0.2) is 12.1 Å². The summed E-state index contributed by atoms with van der Waals surface area (Å²) in [6, 6.07) is 4.39. The van der Waals surface area contributed by atoms with Gasteiger partial charge in [0.15, 0.2) is 0 Å². The Kier molecular flexibility index (Phi) is 5.21. The predicted molar refractivity (Wildman–Crippen MR) is 78.8 cm³/mol. The van der Waals surface area contributed by atoms with Crippen LogP contribution in [0.5, 0.6) is 0 Å². The molecule has 0 bridgehead atoms. The molecule has 0 aliphatic rings. The highest BCUT2D eigenvalue weighted by Crippen LogP contribution is 2.27. The zero-order valence-corrected chi connectivity index (χ0v) is 12.8. The van der Waals surface area contributed by atoms with Gasteiger partial charge in [-0.05, 0) is 63.4 Å². The van der Waals surface area contributed by atoms with Gasteiger partial charge in [0.2, 0.25) is 0 Å². The maximum atomic E-state index is 3.57. The molecule has 0 radical (unpaired) electrons. The van der Waals surface area contributed by atoms with Crippen molar-refractivity contribution >= 4 is 11.3 Å². The van der Waals surface area contributed by atoms with Crippen molar-refractivity contribution in [1.82, 2.24) is 5.32 Å². The molecule has 0 unspecified atom stereocenters. The van der Waals surface area contributed by atoms with Crippen LogP contribution in [-0.2, 0) is 6.42 Å². The molecule has 0 fully saturated rings. The van der Waals surface area contributed by atoms with E-state index in [4.69, 9.17) is 0 Å². The van der Waals surface area contributed by atoms with Crippen LogP contribution < -0.4 is 5.32 Å². The monoisotopic (exact) mass is 253 g/mol. The lowest BCUT2D eigenvalue weighted by molar-refractivity contribution is 0.285. The third-order valence-corrected chi connectivity index (χ3v) is 4.02. The van der Waals surface area contributed by atoms with Gasteiger partial charge < -0.3 is 5.32 Å². The molecule has 0 amide bonds. The SMILES string of the molecule is CC(C)(CCNC(C)(C)C)CCc1cccs1. The Labute approximate surface area is 111 Å². The fourth-order valence-corrected chi connectivity index (χ4v) is 2.53. The predicted octanol–water partition coefficient (Wildman–Crippen LogP) is 4.49. The number of nitrogens with one attached hydrogen (secondary N) is 1. The molecule has 0 saturated carbocycles. The van der Waals surface area contributed by atoms with E-state index >= 15 is 0 Å². The zero-order valence-electron chi connectivity index (χ0n) is 12.0. The van der Waals surface area contributed by atoms with Crippen molar-refractivity contribution in [3.8, 4) is 0 Å². The molecule has 1 heterocycles.